The Morgan fingerprint density at radius 1 is 1.14 bits per heavy atom. The van der Waals surface area contributed by atoms with Gasteiger partial charge in [0.1, 0.15) is 0 Å². The molecule has 0 aromatic heterocycles. The minimum atomic E-state index is 0.249. The summed E-state index contributed by atoms with van der Waals surface area (Å²) < 4.78 is 1.18. The van der Waals surface area contributed by atoms with Gasteiger partial charge in [-0.15, -0.1) is 0 Å². The van der Waals surface area contributed by atoms with E-state index in [1.807, 2.05) is 11.8 Å². The Bertz CT molecular complexity index is 511. The summed E-state index contributed by atoms with van der Waals surface area (Å²) in [5, 5.41) is 0. The summed E-state index contributed by atoms with van der Waals surface area (Å²) in [6.45, 7) is 4.92. The lowest BCUT2D eigenvalue weighted by molar-refractivity contribution is -0.136. The maximum absolute atomic E-state index is 12.6. The molecule has 0 N–H and O–H groups in total. The first-order chi connectivity index (χ1) is 10.7. The van der Waals surface area contributed by atoms with Crippen LogP contribution in [0.3, 0.4) is 0 Å². The second kappa shape index (κ2) is 7.84. The maximum atomic E-state index is 12.6. The Balaban J connectivity index is 1.50. The van der Waals surface area contributed by atoms with E-state index >= 15 is 0 Å². The molecular weight excluding hydrogens is 360 g/mol. The molecule has 0 aliphatic carbocycles. The van der Waals surface area contributed by atoms with Gasteiger partial charge >= 0.3 is 0 Å². The highest BCUT2D eigenvalue weighted by Gasteiger charge is 2.29. The number of hydrogen-bond acceptors (Lipinski definition) is 3. The Labute approximate surface area is 145 Å². The van der Waals surface area contributed by atoms with Crippen LogP contribution in [0, 0.1) is 5.92 Å². The fourth-order valence-electron chi connectivity index (χ4n) is 3.25. The van der Waals surface area contributed by atoms with Gasteiger partial charge in [-0.25, -0.2) is 0 Å². The lowest BCUT2D eigenvalue weighted by atomic mass is 9.95. The van der Waals surface area contributed by atoms with Crippen LogP contribution >= 0.6 is 27.7 Å². The van der Waals surface area contributed by atoms with E-state index in [1.165, 1.54) is 10.0 Å². The number of hydrogen-bond donors (Lipinski definition) is 0. The van der Waals surface area contributed by atoms with Crippen LogP contribution in [-0.4, -0.2) is 53.4 Å². The number of carbonyl (C=O) groups is 1. The molecule has 0 unspecified atom stereocenters. The van der Waals surface area contributed by atoms with Crippen molar-refractivity contribution in [3.05, 3.63) is 34.3 Å². The van der Waals surface area contributed by atoms with Crippen molar-refractivity contribution in [2.75, 3.05) is 37.7 Å². The summed E-state index contributed by atoms with van der Waals surface area (Å²) >= 11 is 5.58. The van der Waals surface area contributed by atoms with E-state index in [2.05, 4.69) is 50.0 Å². The second-order valence-corrected chi connectivity index (χ2v) is 8.16. The third-order valence-electron chi connectivity index (χ3n) is 4.61. The molecule has 2 heterocycles. The molecule has 0 saturated carbocycles. The first-order valence-corrected chi connectivity index (χ1v) is 10.0. The number of piperidine rings is 1. The van der Waals surface area contributed by atoms with E-state index in [9.17, 15) is 4.79 Å². The van der Waals surface area contributed by atoms with Crippen LogP contribution in [-0.2, 0) is 11.3 Å². The zero-order valence-corrected chi connectivity index (χ0v) is 15.2. The van der Waals surface area contributed by atoms with Gasteiger partial charge in [-0.3, -0.25) is 9.69 Å². The Kier molecular flexibility index (Phi) is 5.83. The molecular formula is C17H23BrN2OS. The summed E-state index contributed by atoms with van der Waals surface area (Å²) in [5.74, 6) is 2.86. The topological polar surface area (TPSA) is 23.6 Å². The number of amides is 1. The standard InChI is InChI=1S/C17H23BrN2OS/c18-16-4-2-1-3-15(16)13-19-7-5-14(6-8-19)17(21)20-9-11-22-12-10-20/h1-4,14H,5-13H2. The summed E-state index contributed by atoms with van der Waals surface area (Å²) in [4.78, 5) is 17.1. The van der Waals surface area contributed by atoms with Gasteiger partial charge in [-0.2, -0.15) is 11.8 Å². The molecule has 2 aliphatic rings. The Hall–Kier alpha value is -0.520. The van der Waals surface area contributed by atoms with Crippen molar-refractivity contribution in [2.45, 2.75) is 19.4 Å². The van der Waals surface area contributed by atoms with Crippen LogP contribution in [0.2, 0.25) is 0 Å². The molecule has 2 saturated heterocycles. The normalized spacial score (nSPS) is 21.0. The Morgan fingerprint density at radius 2 is 1.82 bits per heavy atom. The fourth-order valence-corrected chi connectivity index (χ4v) is 4.56. The molecule has 2 fully saturated rings. The van der Waals surface area contributed by atoms with Crippen molar-refractivity contribution in [3.8, 4) is 0 Å². The van der Waals surface area contributed by atoms with Gasteiger partial charge in [0.2, 0.25) is 5.91 Å². The molecule has 0 bridgehead atoms. The highest BCUT2D eigenvalue weighted by molar-refractivity contribution is 9.10. The second-order valence-electron chi connectivity index (χ2n) is 6.08. The average molecular weight is 383 g/mol. The van der Waals surface area contributed by atoms with Crippen LogP contribution in [0.25, 0.3) is 0 Å². The lowest BCUT2D eigenvalue weighted by Gasteiger charge is -2.35. The van der Waals surface area contributed by atoms with E-state index in [4.69, 9.17) is 0 Å². The number of benzene rings is 1. The van der Waals surface area contributed by atoms with Gasteiger partial charge in [0.15, 0.2) is 0 Å². The molecule has 3 nitrogen and oxygen atoms in total. The third-order valence-corrected chi connectivity index (χ3v) is 6.33. The molecule has 120 valence electrons. The van der Waals surface area contributed by atoms with Gasteiger partial charge in [0, 0.05) is 41.5 Å². The van der Waals surface area contributed by atoms with E-state index < -0.39 is 0 Å². The zero-order valence-electron chi connectivity index (χ0n) is 12.8. The smallest absolute Gasteiger partial charge is 0.225 e. The monoisotopic (exact) mass is 382 g/mol. The van der Waals surface area contributed by atoms with Crippen molar-refractivity contribution in [1.82, 2.24) is 9.80 Å². The number of carbonyl (C=O) groups excluding carboxylic acids is 1. The van der Waals surface area contributed by atoms with Crippen LogP contribution in [0.1, 0.15) is 18.4 Å². The van der Waals surface area contributed by atoms with Gasteiger partial charge in [0.25, 0.3) is 0 Å². The SMILES string of the molecule is O=C(C1CCN(Cc2ccccc2Br)CC1)N1CCSCC1. The van der Waals surface area contributed by atoms with Crippen molar-refractivity contribution in [3.63, 3.8) is 0 Å². The largest absolute Gasteiger partial charge is 0.341 e. The number of rotatable bonds is 3. The number of likely N-dealkylation sites (tertiary alicyclic amines) is 1. The van der Waals surface area contributed by atoms with Crippen molar-refractivity contribution >= 4 is 33.6 Å². The Morgan fingerprint density at radius 3 is 2.50 bits per heavy atom. The van der Waals surface area contributed by atoms with Crippen molar-refractivity contribution in [1.29, 1.82) is 0 Å². The number of thioether (sulfide) groups is 1. The summed E-state index contributed by atoms with van der Waals surface area (Å²) in [5.41, 5.74) is 1.33. The predicted octanol–water partition coefficient (Wildman–Crippen LogP) is 3.24. The van der Waals surface area contributed by atoms with Crippen LogP contribution in [0.15, 0.2) is 28.7 Å². The highest BCUT2D eigenvalue weighted by Crippen LogP contribution is 2.24. The van der Waals surface area contributed by atoms with Crippen LogP contribution in [0.5, 0.6) is 0 Å². The molecule has 3 rings (SSSR count). The minimum absolute atomic E-state index is 0.249. The van der Waals surface area contributed by atoms with E-state index in [-0.39, 0.29) is 5.92 Å². The molecule has 2 aliphatic heterocycles. The molecule has 1 aromatic rings. The third kappa shape index (κ3) is 4.06. The summed E-state index contributed by atoms with van der Waals surface area (Å²) in [6, 6.07) is 8.41. The van der Waals surface area contributed by atoms with Gasteiger partial charge < -0.3 is 4.90 Å². The zero-order chi connectivity index (χ0) is 15.4. The van der Waals surface area contributed by atoms with Gasteiger partial charge in [-0.1, -0.05) is 34.1 Å². The van der Waals surface area contributed by atoms with Crippen molar-refractivity contribution < 1.29 is 4.79 Å². The fraction of sp³-hybridized carbons (Fsp3) is 0.588. The van der Waals surface area contributed by atoms with Crippen molar-refractivity contribution in [2.24, 2.45) is 5.92 Å². The first-order valence-electron chi connectivity index (χ1n) is 8.06. The molecule has 1 aromatic carbocycles. The van der Waals surface area contributed by atoms with Gasteiger partial charge in [0.05, 0.1) is 0 Å². The highest BCUT2D eigenvalue weighted by atomic mass is 79.9. The quantitative estimate of drug-likeness (QED) is 0.801. The molecule has 5 heteroatoms. The van der Waals surface area contributed by atoms with Crippen LogP contribution < -0.4 is 0 Å². The molecule has 1 amide bonds. The average Bonchev–Trinajstić information content (AvgIpc) is 2.58. The lowest BCUT2D eigenvalue weighted by Crippen LogP contribution is -2.45. The maximum Gasteiger partial charge on any atom is 0.225 e. The van der Waals surface area contributed by atoms with E-state index in [0.29, 0.717) is 5.91 Å². The number of halogens is 1. The predicted molar refractivity (Wildman–Crippen MR) is 96.0 cm³/mol. The summed E-state index contributed by atoms with van der Waals surface area (Å²) in [6.07, 6.45) is 2.01. The number of nitrogens with zero attached hydrogens (tertiary/aromatic N) is 2. The molecule has 0 spiro atoms. The van der Waals surface area contributed by atoms with E-state index in [0.717, 1.165) is 57.1 Å². The van der Waals surface area contributed by atoms with E-state index in [1.54, 1.807) is 0 Å². The first kappa shape index (κ1) is 16.3. The molecule has 0 radical (unpaired) electrons. The minimum Gasteiger partial charge on any atom is -0.341 e. The summed E-state index contributed by atoms with van der Waals surface area (Å²) in [7, 11) is 0. The van der Waals surface area contributed by atoms with Crippen LogP contribution in [0.4, 0.5) is 0 Å². The molecule has 22 heavy (non-hydrogen) atoms. The molecule has 0 atom stereocenters. The van der Waals surface area contributed by atoms with Gasteiger partial charge in [-0.05, 0) is 37.6 Å².